The number of hydrogen-bond acceptors (Lipinski definition) is 1. The first-order valence-corrected chi connectivity index (χ1v) is 4.64. The van der Waals surface area contributed by atoms with Crippen molar-refractivity contribution in [1.82, 2.24) is 0 Å². The standard InChI is InChI=1S/C10H22O/c1-6-8(3)10(4,5)9(11)7-2/h8-9,11H,6-7H2,1-5H3. The normalized spacial score (nSPS) is 18.0. The van der Waals surface area contributed by atoms with Crippen molar-refractivity contribution in [2.75, 3.05) is 0 Å². The lowest BCUT2D eigenvalue weighted by atomic mass is 9.73. The van der Waals surface area contributed by atoms with Gasteiger partial charge < -0.3 is 5.11 Å². The monoisotopic (exact) mass is 158 g/mol. The number of hydrogen-bond donors (Lipinski definition) is 1. The molecule has 1 heteroatoms. The molecule has 0 fully saturated rings. The van der Waals surface area contributed by atoms with Crippen molar-refractivity contribution in [3.05, 3.63) is 0 Å². The van der Waals surface area contributed by atoms with E-state index >= 15 is 0 Å². The van der Waals surface area contributed by atoms with E-state index in [9.17, 15) is 5.11 Å². The molecule has 0 saturated carbocycles. The summed E-state index contributed by atoms with van der Waals surface area (Å²) >= 11 is 0. The van der Waals surface area contributed by atoms with Gasteiger partial charge in [0.05, 0.1) is 6.10 Å². The molecule has 2 atom stereocenters. The molecule has 0 spiro atoms. The zero-order valence-corrected chi connectivity index (χ0v) is 8.52. The van der Waals surface area contributed by atoms with Gasteiger partial charge in [-0.2, -0.15) is 0 Å². The predicted molar refractivity (Wildman–Crippen MR) is 49.5 cm³/mol. The second kappa shape index (κ2) is 4.10. The summed E-state index contributed by atoms with van der Waals surface area (Å²) in [5.74, 6) is 0.595. The van der Waals surface area contributed by atoms with E-state index in [4.69, 9.17) is 0 Å². The largest absolute Gasteiger partial charge is 0.393 e. The Morgan fingerprint density at radius 2 is 1.64 bits per heavy atom. The molecule has 1 N–H and O–H groups in total. The second-order valence-corrected chi connectivity index (χ2v) is 4.05. The SMILES string of the molecule is CCC(C)C(C)(C)C(O)CC. The lowest BCUT2D eigenvalue weighted by Crippen LogP contribution is -2.34. The van der Waals surface area contributed by atoms with E-state index in [-0.39, 0.29) is 11.5 Å². The van der Waals surface area contributed by atoms with Crippen LogP contribution in [0, 0.1) is 11.3 Å². The van der Waals surface area contributed by atoms with Gasteiger partial charge >= 0.3 is 0 Å². The minimum atomic E-state index is -0.155. The van der Waals surface area contributed by atoms with Gasteiger partial charge in [0, 0.05) is 0 Å². The van der Waals surface area contributed by atoms with E-state index in [2.05, 4.69) is 27.7 Å². The van der Waals surface area contributed by atoms with Crippen LogP contribution in [-0.2, 0) is 0 Å². The van der Waals surface area contributed by atoms with E-state index in [1.54, 1.807) is 0 Å². The molecular weight excluding hydrogens is 136 g/mol. The highest BCUT2D eigenvalue weighted by atomic mass is 16.3. The Bertz CT molecular complexity index is 95.4. The summed E-state index contributed by atoms with van der Waals surface area (Å²) in [4.78, 5) is 0. The summed E-state index contributed by atoms with van der Waals surface area (Å²) in [7, 11) is 0. The molecule has 0 aromatic rings. The summed E-state index contributed by atoms with van der Waals surface area (Å²) in [6.07, 6.45) is 1.85. The average Bonchev–Trinajstić information content (AvgIpc) is 2.01. The molecule has 2 unspecified atom stereocenters. The fraction of sp³-hybridized carbons (Fsp3) is 1.00. The van der Waals surface area contributed by atoms with Crippen molar-refractivity contribution in [3.8, 4) is 0 Å². The highest BCUT2D eigenvalue weighted by Gasteiger charge is 2.31. The van der Waals surface area contributed by atoms with Crippen molar-refractivity contribution in [3.63, 3.8) is 0 Å². The van der Waals surface area contributed by atoms with Crippen molar-refractivity contribution >= 4 is 0 Å². The average molecular weight is 158 g/mol. The summed E-state index contributed by atoms with van der Waals surface area (Å²) < 4.78 is 0. The maximum absolute atomic E-state index is 9.69. The molecule has 0 aromatic heterocycles. The Balaban J connectivity index is 4.18. The molecule has 11 heavy (non-hydrogen) atoms. The van der Waals surface area contributed by atoms with Gasteiger partial charge in [-0.25, -0.2) is 0 Å². The van der Waals surface area contributed by atoms with Crippen LogP contribution >= 0.6 is 0 Å². The Kier molecular flexibility index (Phi) is 4.09. The fourth-order valence-electron chi connectivity index (χ4n) is 1.38. The van der Waals surface area contributed by atoms with Gasteiger partial charge in [0.2, 0.25) is 0 Å². The quantitative estimate of drug-likeness (QED) is 0.667. The zero-order valence-electron chi connectivity index (χ0n) is 8.52. The molecule has 0 aromatic carbocycles. The Labute approximate surface area is 70.8 Å². The minimum Gasteiger partial charge on any atom is -0.393 e. The predicted octanol–water partition coefficient (Wildman–Crippen LogP) is 2.83. The summed E-state index contributed by atoms with van der Waals surface area (Å²) in [5, 5.41) is 9.69. The third kappa shape index (κ3) is 2.48. The molecule has 0 amide bonds. The van der Waals surface area contributed by atoms with E-state index in [1.165, 1.54) is 0 Å². The van der Waals surface area contributed by atoms with E-state index in [1.807, 2.05) is 6.92 Å². The molecule has 0 rings (SSSR count). The van der Waals surface area contributed by atoms with Gasteiger partial charge in [0.25, 0.3) is 0 Å². The van der Waals surface area contributed by atoms with Crippen molar-refractivity contribution in [2.24, 2.45) is 11.3 Å². The maximum Gasteiger partial charge on any atom is 0.0591 e. The molecule has 0 radical (unpaired) electrons. The van der Waals surface area contributed by atoms with Gasteiger partial charge in [-0.05, 0) is 17.8 Å². The van der Waals surface area contributed by atoms with E-state index < -0.39 is 0 Å². The van der Waals surface area contributed by atoms with Crippen LogP contribution in [0.5, 0.6) is 0 Å². The zero-order chi connectivity index (χ0) is 9.07. The number of aliphatic hydroxyl groups is 1. The van der Waals surface area contributed by atoms with Crippen molar-refractivity contribution < 1.29 is 5.11 Å². The maximum atomic E-state index is 9.69. The lowest BCUT2D eigenvalue weighted by Gasteiger charge is -2.35. The van der Waals surface area contributed by atoms with Gasteiger partial charge in [0.1, 0.15) is 0 Å². The van der Waals surface area contributed by atoms with Crippen LogP contribution in [-0.4, -0.2) is 11.2 Å². The first-order valence-electron chi connectivity index (χ1n) is 4.64. The molecule has 0 aliphatic rings. The first-order chi connectivity index (χ1) is 4.96. The van der Waals surface area contributed by atoms with Gasteiger partial charge in [-0.3, -0.25) is 0 Å². The molecule has 0 aliphatic carbocycles. The van der Waals surface area contributed by atoms with Gasteiger partial charge in [0.15, 0.2) is 0 Å². The highest BCUT2D eigenvalue weighted by Crippen LogP contribution is 2.33. The second-order valence-electron chi connectivity index (χ2n) is 4.05. The van der Waals surface area contributed by atoms with Gasteiger partial charge in [-0.1, -0.05) is 41.0 Å². The van der Waals surface area contributed by atoms with E-state index in [0.717, 1.165) is 12.8 Å². The Hall–Kier alpha value is -0.0400. The Morgan fingerprint density at radius 3 is 1.91 bits per heavy atom. The summed E-state index contributed by atoms with van der Waals surface area (Å²) in [5.41, 5.74) is 0.0729. The Morgan fingerprint density at radius 1 is 1.18 bits per heavy atom. The molecular formula is C10H22O. The summed E-state index contributed by atoms with van der Waals surface area (Å²) in [6.45, 7) is 10.7. The molecule has 0 bridgehead atoms. The highest BCUT2D eigenvalue weighted by molar-refractivity contribution is 4.81. The van der Waals surface area contributed by atoms with Crippen LogP contribution in [0.1, 0.15) is 47.5 Å². The molecule has 68 valence electrons. The van der Waals surface area contributed by atoms with Crippen LogP contribution in [0.25, 0.3) is 0 Å². The van der Waals surface area contributed by atoms with Crippen LogP contribution in [0.15, 0.2) is 0 Å². The molecule has 1 nitrogen and oxygen atoms in total. The smallest absolute Gasteiger partial charge is 0.0591 e. The van der Waals surface area contributed by atoms with Crippen LogP contribution in [0.3, 0.4) is 0 Å². The fourth-order valence-corrected chi connectivity index (χ4v) is 1.38. The molecule has 0 saturated heterocycles. The minimum absolute atomic E-state index is 0.0729. The van der Waals surface area contributed by atoms with E-state index in [0.29, 0.717) is 5.92 Å². The van der Waals surface area contributed by atoms with Crippen LogP contribution in [0.2, 0.25) is 0 Å². The number of rotatable bonds is 4. The number of aliphatic hydroxyl groups excluding tert-OH is 1. The van der Waals surface area contributed by atoms with Crippen LogP contribution < -0.4 is 0 Å². The molecule has 0 aliphatic heterocycles. The first kappa shape index (κ1) is 11.0. The lowest BCUT2D eigenvalue weighted by molar-refractivity contribution is 0.00821. The van der Waals surface area contributed by atoms with Crippen molar-refractivity contribution in [1.29, 1.82) is 0 Å². The van der Waals surface area contributed by atoms with Gasteiger partial charge in [-0.15, -0.1) is 0 Å². The summed E-state index contributed by atoms with van der Waals surface area (Å²) in [6, 6.07) is 0. The third-order valence-corrected chi connectivity index (χ3v) is 3.13. The van der Waals surface area contributed by atoms with Crippen molar-refractivity contribution in [2.45, 2.75) is 53.6 Å². The third-order valence-electron chi connectivity index (χ3n) is 3.13. The van der Waals surface area contributed by atoms with Crippen LogP contribution in [0.4, 0.5) is 0 Å². The topological polar surface area (TPSA) is 20.2 Å². The molecule has 0 heterocycles.